The van der Waals surface area contributed by atoms with Crippen LogP contribution < -0.4 is 10.6 Å². The third-order valence-corrected chi connectivity index (χ3v) is 2.92. The van der Waals surface area contributed by atoms with E-state index in [0.29, 0.717) is 19.6 Å². The van der Waals surface area contributed by atoms with Crippen molar-refractivity contribution in [2.45, 2.75) is 31.3 Å². The lowest BCUT2D eigenvalue weighted by Crippen LogP contribution is -2.58. The van der Waals surface area contributed by atoms with Crippen molar-refractivity contribution in [3.8, 4) is 0 Å². The summed E-state index contributed by atoms with van der Waals surface area (Å²) in [4.78, 5) is 22.9. The summed E-state index contributed by atoms with van der Waals surface area (Å²) in [5.74, 6) is -1.07. The summed E-state index contributed by atoms with van der Waals surface area (Å²) in [6.07, 6.45) is 0.947. The molecule has 0 aromatic carbocycles. The maximum atomic E-state index is 11.7. The van der Waals surface area contributed by atoms with Gasteiger partial charge in [-0.05, 0) is 13.3 Å². The van der Waals surface area contributed by atoms with Gasteiger partial charge in [-0.25, -0.2) is 9.59 Å². The molecular formula is C11H20N2O5. The molecule has 1 aliphatic heterocycles. The van der Waals surface area contributed by atoms with Gasteiger partial charge >= 0.3 is 12.0 Å². The highest BCUT2D eigenvalue weighted by atomic mass is 16.5. The zero-order chi connectivity index (χ0) is 13.6. The first kappa shape index (κ1) is 14.7. The molecule has 0 spiro atoms. The molecule has 7 heteroatoms. The summed E-state index contributed by atoms with van der Waals surface area (Å²) in [5, 5.41) is 14.3. The van der Waals surface area contributed by atoms with E-state index < -0.39 is 17.5 Å². The Balaban J connectivity index is 2.45. The first-order valence-corrected chi connectivity index (χ1v) is 5.89. The lowest BCUT2D eigenvalue weighted by atomic mass is 9.99. The minimum Gasteiger partial charge on any atom is -0.479 e. The molecule has 0 bridgehead atoms. The zero-order valence-corrected chi connectivity index (χ0v) is 10.7. The summed E-state index contributed by atoms with van der Waals surface area (Å²) in [5.41, 5.74) is -1.30. The summed E-state index contributed by atoms with van der Waals surface area (Å²) >= 11 is 0. The second-order valence-electron chi connectivity index (χ2n) is 4.47. The van der Waals surface area contributed by atoms with E-state index in [2.05, 4.69) is 10.6 Å². The van der Waals surface area contributed by atoms with Crippen molar-refractivity contribution in [1.82, 2.24) is 10.6 Å². The van der Waals surface area contributed by atoms with Crippen molar-refractivity contribution in [1.29, 1.82) is 0 Å². The van der Waals surface area contributed by atoms with E-state index in [1.54, 1.807) is 7.11 Å². The van der Waals surface area contributed by atoms with Crippen LogP contribution in [0.5, 0.6) is 0 Å². The predicted molar refractivity (Wildman–Crippen MR) is 63.4 cm³/mol. The molecule has 3 N–H and O–H groups in total. The predicted octanol–water partition coefficient (Wildman–Crippen LogP) is -0.0457. The van der Waals surface area contributed by atoms with Gasteiger partial charge in [0.2, 0.25) is 0 Å². The number of nitrogens with one attached hydrogen (secondary N) is 2. The minimum atomic E-state index is -1.30. The first-order chi connectivity index (χ1) is 8.50. The Labute approximate surface area is 106 Å². The summed E-state index contributed by atoms with van der Waals surface area (Å²) in [7, 11) is 1.59. The number of hydrogen-bond donors (Lipinski definition) is 3. The van der Waals surface area contributed by atoms with Crippen LogP contribution in [0.3, 0.4) is 0 Å². The molecule has 1 saturated heterocycles. The fourth-order valence-electron chi connectivity index (χ4n) is 1.73. The molecule has 1 aliphatic rings. The topological polar surface area (TPSA) is 96.9 Å². The maximum Gasteiger partial charge on any atom is 0.332 e. The second kappa shape index (κ2) is 6.55. The van der Waals surface area contributed by atoms with Crippen LogP contribution in [-0.2, 0) is 14.3 Å². The largest absolute Gasteiger partial charge is 0.479 e. The zero-order valence-electron chi connectivity index (χ0n) is 10.7. The quantitative estimate of drug-likeness (QED) is 0.622. The SMILES string of the molecule is COCCC(C)NC(=O)NC1(C(=O)O)CCOC1. The Kier molecular flexibility index (Phi) is 5.36. The van der Waals surface area contributed by atoms with E-state index in [1.165, 1.54) is 0 Å². The van der Waals surface area contributed by atoms with Gasteiger partial charge in [0.15, 0.2) is 5.54 Å². The molecule has 104 valence electrons. The summed E-state index contributed by atoms with van der Waals surface area (Å²) < 4.78 is 9.95. The average molecular weight is 260 g/mol. The number of methoxy groups -OCH3 is 1. The number of carbonyl (C=O) groups is 2. The fraction of sp³-hybridized carbons (Fsp3) is 0.818. The van der Waals surface area contributed by atoms with Gasteiger partial charge in [0.1, 0.15) is 0 Å². The number of carbonyl (C=O) groups excluding carboxylic acids is 1. The van der Waals surface area contributed by atoms with Crippen molar-refractivity contribution in [3.63, 3.8) is 0 Å². The molecule has 1 fully saturated rings. The van der Waals surface area contributed by atoms with Crippen LogP contribution in [-0.4, -0.2) is 55.6 Å². The standard InChI is InChI=1S/C11H20N2O5/c1-8(3-5-17-2)12-10(16)13-11(9(14)15)4-6-18-7-11/h8H,3-7H2,1-2H3,(H,14,15)(H2,12,13,16). The Morgan fingerprint density at radius 1 is 1.56 bits per heavy atom. The molecule has 7 nitrogen and oxygen atoms in total. The van der Waals surface area contributed by atoms with Gasteiger partial charge in [-0.15, -0.1) is 0 Å². The van der Waals surface area contributed by atoms with E-state index >= 15 is 0 Å². The smallest absolute Gasteiger partial charge is 0.332 e. The van der Waals surface area contributed by atoms with Gasteiger partial charge in [0, 0.05) is 32.8 Å². The number of aliphatic carboxylic acids is 1. The maximum absolute atomic E-state index is 11.7. The molecule has 0 aromatic rings. The van der Waals surface area contributed by atoms with E-state index in [4.69, 9.17) is 14.6 Å². The van der Waals surface area contributed by atoms with Crippen molar-refractivity contribution >= 4 is 12.0 Å². The van der Waals surface area contributed by atoms with E-state index in [-0.39, 0.29) is 19.1 Å². The Morgan fingerprint density at radius 2 is 2.28 bits per heavy atom. The highest BCUT2D eigenvalue weighted by molar-refractivity contribution is 5.86. The van der Waals surface area contributed by atoms with Crippen LogP contribution in [0.25, 0.3) is 0 Å². The van der Waals surface area contributed by atoms with Gasteiger partial charge in [-0.3, -0.25) is 0 Å². The molecule has 2 atom stereocenters. The minimum absolute atomic E-state index is 0.00219. The lowest BCUT2D eigenvalue weighted by Gasteiger charge is -2.25. The molecule has 2 amide bonds. The van der Waals surface area contributed by atoms with Crippen molar-refractivity contribution < 1.29 is 24.2 Å². The van der Waals surface area contributed by atoms with Gasteiger partial charge in [0.25, 0.3) is 0 Å². The number of carboxylic acid groups (broad SMARTS) is 1. The molecule has 18 heavy (non-hydrogen) atoms. The van der Waals surface area contributed by atoms with Crippen LogP contribution in [0.2, 0.25) is 0 Å². The number of ether oxygens (including phenoxy) is 2. The van der Waals surface area contributed by atoms with Gasteiger partial charge in [-0.1, -0.05) is 0 Å². The molecule has 1 heterocycles. The average Bonchev–Trinajstić information content (AvgIpc) is 2.75. The molecule has 0 radical (unpaired) electrons. The number of hydrogen-bond acceptors (Lipinski definition) is 4. The molecule has 2 unspecified atom stereocenters. The van der Waals surface area contributed by atoms with Crippen LogP contribution in [0.1, 0.15) is 19.8 Å². The van der Waals surface area contributed by atoms with Gasteiger partial charge in [-0.2, -0.15) is 0 Å². The van der Waals surface area contributed by atoms with E-state index in [0.717, 1.165) is 0 Å². The molecule has 0 aliphatic carbocycles. The van der Waals surface area contributed by atoms with Crippen LogP contribution in [0, 0.1) is 0 Å². The van der Waals surface area contributed by atoms with E-state index in [1.807, 2.05) is 6.92 Å². The highest BCUT2D eigenvalue weighted by Crippen LogP contribution is 2.18. The second-order valence-corrected chi connectivity index (χ2v) is 4.47. The van der Waals surface area contributed by atoms with Crippen molar-refractivity contribution in [2.75, 3.05) is 26.9 Å². The van der Waals surface area contributed by atoms with Crippen molar-refractivity contribution in [2.24, 2.45) is 0 Å². The van der Waals surface area contributed by atoms with Crippen LogP contribution >= 0.6 is 0 Å². The van der Waals surface area contributed by atoms with Crippen LogP contribution in [0.4, 0.5) is 4.79 Å². The van der Waals surface area contributed by atoms with Crippen LogP contribution in [0.15, 0.2) is 0 Å². The monoisotopic (exact) mass is 260 g/mol. The van der Waals surface area contributed by atoms with Gasteiger partial charge in [0.05, 0.1) is 6.61 Å². The Morgan fingerprint density at radius 3 is 2.78 bits per heavy atom. The first-order valence-electron chi connectivity index (χ1n) is 5.89. The third-order valence-electron chi connectivity index (χ3n) is 2.92. The molecule has 0 aromatic heterocycles. The number of rotatable bonds is 6. The fourth-order valence-corrected chi connectivity index (χ4v) is 1.73. The summed E-state index contributed by atoms with van der Waals surface area (Å²) in [6, 6.07) is -0.579. The Bertz CT molecular complexity index is 302. The van der Waals surface area contributed by atoms with Gasteiger partial charge < -0.3 is 25.2 Å². The lowest BCUT2D eigenvalue weighted by molar-refractivity contribution is -0.144. The third kappa shape index (κ3) is 3.85. The number of urea groups is 1. The number of amides is 2. The molecular weight excluding hydrogens is 240 g/mol. The highest BCUT2D eigenvalue weighted by Gasteiger charge is 2.44. The van der Waals surface area contributed by atoms with E-state index in [9.17, 15) is 9.59 Å². The molecule has 1 rings (SSSR count). The Hall–Kier alpha value is -1.34. The number of carboxylic acids is 1. The molecule has 0 saturated carbocycles. The normalized spacial score (nSPS) is 24.6. The van der Waals surface area contributed by atoms with Crippen molar-refractivity contribution in [3.05, 3.63) is 0 Å². The summed E-state index contributed by atoms with van der Waals surface area (Å²) in [6.45, 7) is 2.71.